The molecule has 8 nitrogen and oxygen atoms in total. The molecule has 0 unspecified atom stereocenters. The highest BCUT2D eigenvalue weighted by Gasteiger charge is 2.26. The predicted octanol–water partition coefficient (Wildman–Crippen LogP) is 1.15. The van der Waals surface area contributed by atoms with E-state index >= 15 is 0 Å². The van der Waals surface area contributed by atoms with Gasteiger partial charge in [-0.15, -0.1) is 0 Å². The normalized spacial score (nSPS) is 20.7. The molecule has 0 bridgehead atoms. The van der Waals surface area contributed by atoms with E-state index < -0.39 is 10.0 Å². The highest BCUT2D eigenvalue weighted by atomic mass is 32.2. The molecule has 2 aliphatic heterocycles. The first kappa shape index (κ1) is 17.7. The summed E-state index contributed by atoms with van der Waals surface area (Å²) in [6, 6.07) is 4.63. The fourth-order valence-electron chi connectivity index (χ4n) is 3.12. The monoisotopic (exact) mass is 367 g/mol. The third kappa shape index (κ3) is 4.29. The van der Waals surface area contributed by atoms with Gasteiger partial charge >= 0.3 is 12.0 Å². The van der Waals surface area contributed by atoms with Crippen LogP contribution in [-0.2, 0) is 21.4 Å². The first-order valence-corrected chi connectivity index (χ1v) is 9.98. The summed E-state index contributed by atoms with van der Waals surface area (Å²) < 4.78 is 29.6. The van der Waals surface area contributed by atoms with Crippen molar-refractivity contribution in [3.63, 3.8) is 0 Å². The Balaban J connectivity index is 1.51. The Hall–Kier alpha value is -2.13. The molecule has 0 spiro atoms. The minimum Gasteiger partial charge on any atom is -0.457 e. The van der Waals surface area contributed by atoms with E-state index in [-0.39, 0.29) is 24.5 Å². The predicted molar refractivity (Wildman–Crippen MR) is 91.7 cm³/mol. The smallest absolute Gasteiger partial charge is 0.338 e. The largest absolute Gasteiger partial charge is 0.457 e. The molecule has 2 aliphatic rings. The molecule has 2 heterocycles. The zero-order chi connectivity index (χ0) is 18.0. The number of nitrogens with one attached hydrogen (secondary N) is 2. The summed E-state index contributed by atoms with van der Waals surface area (Å²) in [4.78, 5) is 23.5. The molecule has 2 amide bonds. The molecule has 136 valence electrons. The van der Waals surface area contributed by atoms with Gasteiger partial charge in [-0.05, 0) is 37.0 Å². The number of rotatable bonds is 4. The second-order valence-electron chi connectivity index (χ2n) is 6.41. The van der Waals surface area contributed by atoms with Crippen molar-refractivity contribution in [2.45, 2.75) is 19.4 Å². The number of nitrogens with zero attached hydrogens (tertiary/aromatic N) is 1. The van der Waals surface area contributed by atoms with Crippen LogP contribution in [0.15, 0.2) is 18.2 Å². The topological polar surface area (TPSA) is 105 Å². The summed E-state index contributed by atoms with van der Waals surface area (Å²) in [6.45, 7) is 1.59. The van der Waals surface area contributed by atoms with Gasteiger partial charge in [-0.1, -0.05) is 0 Å². The minimum atomic E-state index is -3.19. The van der Waals surface area contributed by atoms with E-state index in [4.69, 9.17) is 4.74 Å². The van der Waals surface area contributed by atoms with E-state index in [9.17, 15) is 18.0 Å². The van der Waals surface area contributed by atoms with Crippen LogP contribution in [0.1, 0.15) is 28.8 Å². The zero-order valence-electron chi connectivity index (χ0n) is 13.9. The van der Waals surface area contributed by atoms with Crippen molar-refractivity contribution in [1.29, 1.82) is 0 Å². The highest BCUT2D eigenvalue weighted by Crippen LogP contribution is 2.23. The van der Waals surface area contributed by atoms with E-state index in [0.717, 1.165) is 18.4 Å². The van der Waals surface area contributed by atoms with Gasteiger partial charge in [0.15, 0.2) is 0 Å². The molecule has 1 aromatic rings. The number of esters is 1. The van der Waals surface area contributed by atoms with Crippen LogP contribution in [-0.4, -0.2) is 50.6 Å². The summed E-state index contributed by atoms with van der Waals surface area (Å²) in [5.74, 6) is -0.251. The molecule has 0 aliphatic carbocycles. The number of carbonyl (C=O) groups is 2. The Morgan fingerprint density at radius 1 is 1.40 bits per heavy atom. The van der Waals surface area contributed by atoms with Crippen molar-refractivity contribution in [2.75, 3.05) is 31.2 Å². The fourth-order valence-corrected chi connectivity index (χ4v) is 4.06. The standard InChI is InChI=1S/C16H21N3O5S/c1-25(22,23)19-6-2-3-11(9-19)8-17-16(21)18-13-4-5-14-12(7-13)10-24-15(14)20/h4-5,7,11H,2-3,6,8-10H2,1H3,(H2,17,18,21)/t11-/m0/s1. The highest BCUT2D eigenvalue weighted by molar-refractivity contribution is 7.88. The lowest BCUT2D eigenvalue weighted by Gasteiger charge is -2.30. The Morgan fingerprint density at radius 2 is 2.20 bits per heavy atom. The fraction of sp³-hybridized carbons (Fsp3) is 0.500. The molecule has 9 heteroatoms. The molecule has 0 radical (unpaired) electrons. The SMILES string of the molecule is CS(=O)(=O)N1CCC[C@@H](CNC(=O)Nc2ccc3c(c2)COC3=O)C1. The van der Waals surface area contributed by atoms with E-state index in [1.54, 1.807) is 18.2 Å². The van der Waals surface area contributed by atoms with Crippen LogP contribution in [0.4, 0.5) is 10.5 Å². The number of fused-ring (bicyclic) bond motifs is 1. The number of sulfonamides is 1. The van der Waals surface area contributed by atoms with Crippen molar-refractivity contribution in [3.8, 4) is 0 Å². The van der Waals surface area contributed by atoms with Gasteiger partial charge < -0.3 is 15.4 Å². The Labute approximate surface area is 146 Å². The number of urea groups is 1. The van der Waals surface area contributed by atoms with Crippen molar-refractivity contribution < 1.29 is 22.7 Å². The first-order chi connectivity index (χ1) is 11.8. The van der Waals surface area contributed by atoms with E-state index in [0.29, 0.717) is 30.9 Å². The van der Waals surface area contributed by atoms with Crippen molar-refractivity contribution in [3.05, 3.63) is 29.3 Å². The Kier molecular flexibility index (Phi) is 4.96. The van der Waals surface area contributed by atoms with E-state index in [2.05, 4.69) is 10.6 Å². The Morgan fingerprint density at radius 3 is 2.96 bits per heavy atom. The number of cyclic esters (lactones) is 1. The Bertz CT molecular complexity index is 793. The third-order valence-electron chi connectivity index (χ3n) is 4.44. The third-order valence-corrected chi connectivity index (χ3v) is 5.71. The molecule has 0 aromatic heterocycles. The second-order valence-corrected chi connectivity index (χ2v) is 8.39. The number of hydrogen-bond acceptors (Lipinski definition) is 5. The maximum absolute atomic E-state index is 12.0. The van der Waals surface area contributed by atoms with Gasteiger partial charge in [0, 0.05) is 30.9 Å². The average Bonchev–Trinajstić information content (AvgIpc) is 2.93. The lowest BCUT2D eigenvalue weighted by Crippen LogP contribution is -2.43. The molecule has 25 heavy (non-hydrogen) atoms. The minimum absolute atomic E-state index is 0.0975. The van der Waals surface area contributed by atoms with E-state index in [1.165, 1.54) is 10.6 Å². The molecule has 1 fully saturated rings. The van der Waals surface area contributed by atoms with Crippen LogP contribution < -0.4 is 10.6 Å². The summed E-state index contributed by atoms with van der Waals surface area (Å²) in [6.07, 6.45) is 2.88. The number of benzene rings is 1. The van der Waals surface area contributed by atoms with Crippen molar-refractivity contribution in [2.24, 2.45) is 5.92 Å². The molecule has 2 N–H and O–H groups in total. The average molecular weight is 367 g/mol. The lowest BCUT2D eigenvalue weighted by atomic mass is 10.00. The summed E-state index contributed by atoms with van der Waals surface area (Å²) in [7, 11) is -3.19. The van der Waals surface area contributed by atoms with E-state index in [1.807, 2.05) is 0 Å². The van der Waals surface area contributed by atoms with Crippen molar-refractivity contribution in [1.82, 2.24) is 9.62 Å². The molecule has 1 saturated heterocycles. The number of hydrogen-bond donors (Lipinski definition) is 2. The summed E-state index contributed by atoms with van der Waals surface area (Å²) >= 11 is 0. The van der Waals surface area contributed by atoms with Crippen LogP contribution >= 0.6 is 0 Å². The van der Waals surface area contributed by atoms with Gasteiger partial charge in [0.1, 0.15) is 6.61 Å². The number of piperidine rings is 1. The van der Waals surface area contributed by atoms with Crippen LogP contribution in [0.3, 0.4) is 0 Å². The molecule has 1 atom stereocenters. The van der Waals surface area contributed by atoms with Crippen LogP contribution in [0.25, 0.3) is 0 Å². The lowest BCUT2D eigenvalue weighted by molar-refractivity contribution is 0.0535. The maximum atomic E-state index is 12.0. The second kappa shape index (κ2) is 7.01. The first-order valence-electron chi connectivity index (χ1n) is 8.13. The molecule has 0 saturated carbocycles. The van der Waals surface area contributed by atoms with Crippen LogP contribution in [0, 0.1) is 5.92 Å². The molecule has 1 aromatic carbocycles. The quantitative estimate of drug-likeness (QED) is 0.777. The molecular weight excluding hydrogens is 346 g/mol. The zero-order valence-corrected chi connectivity index (χ0v) is 14.8. The van der Waals surface area contributed by atoms with Gasteiger partial charge in [-0.25, -0.2) is 22.3 Å². The summed E-state index contributed by atoms with van der Waals surface area (Å²) in [5, 5.41) is 5.50. The van der Waals surface area contributed by atoms with Gasteiger partial charge in [-0.2, -0.15) is 0 Å². The molecule has 3 rings (SSSR count). The van der Waals surface area contributed by atoms with Crippen LogP contribution in [0.2, 0.25) is 0 Å². The number of carbonyl (C=O) groups excluding carboxylic acids is 2. The van der Waals surface area contributed by atoms with Crippen molar-refractivity contribution >= 4 is 27.7 Å². The van der Waals surface area contributed by atoms with Gasteiger partial charge in [0.05, 0.1) is 11.8 Å². The van der Waals surface area contributed by atoms with Gasteiger partial charge in [-0.3, -0.25) is 0 Å². The number of anilines is 1. The number of ether oxygens (including phenoxy) is 1. The maximum Gasteiger partial charge on any atom is 0.338 e. The van der Waals surface area contributed by atoms with Crippen LogP contribution in [0.5, 0.6) is 0 Å². The summed E-state index contributed by atoms with van der Waals surface area (Å²) in [5.41, 5.74) is 1.85. The van der Waals surface area contributed by atoms with Gasteiger partial charge in [0.2, 0.25) is 10.0 Å². The molecular formula is C16H21N3O5S. The number of amides is 2. The van der Waals surface area contributed by atoms with Gasteiger partial charge in [0.25, 0.3) is 0 Å².